The molecular formula is C31H36ClF3N4S. The monoisotopic (exact) mass is 588 g/mol. The Morgan fingerprint density at radius 1 is 1.00 bits per heavy atom. The van der Waals surface area contributed by atoms with Gasteiger partial charge >= 0.3 is 6.18 Å². The summed E-state index contributed by atoms with van der Waals surface area (Å²) in [6.07, 6.45) is 5.77. The van der Waals surface area contributed by atoms with Gasteiger partial charge in [0.25, 0.3) is 0 Å². The van der Waals surface area contributed by atoms with E-state index in [1.54, 1.807) is 6.07 Å². The van der Waals surface area contributed by atoms with Gasteiger partial charge in [0, 0.05) is 42.9 Å². The number of alkyl halides is 3. The van der Waals surface area contributed by atoms with Crippen LogP contribution in [-0.4, -0.2) is 18.1 Å². The van der Waals surface area contributed by atoms with Crippen molar-refractivity contribution in [2.45, 2.75) is 78.1 Å². The van der Waals surface area contributed by atoms with Gasteiger partial charge in [-0.1, -0.05) is 18.9 Å². The number of hydrogen-bond acceptors (Lipinski definition) is 5. The molecule has 2 aliphatic carbocycles. The van der Waals surface area contributed by atoms with Gasteiger partial charge in [-0.25, -0.2) is 4.98 Å². The molecule has 9 heteroatoms. The molecule has 0 bridgehead atoms. The summed E-state index contributed by atoms with van der Waals surface area (Å²) in [6.45, 7) is 6.92. The highest BCUT2D eigenvalue weighted by atomic mass is 35.5. The molecule has 214 valence electrons. The summed E-state index contributed by atoms with van der Waals surface area (Å²) in [4.78, 5) is 10.2. The van der Waals surface area contributed by atoms with E-state index in [-0.39, 0.29) is 24.5 Å². The molecule has 1 aromatic heterocycles. The predicted octanol–water partition coefficient (Wildman–Crippen LogP) is 8.48. The van der Waals surface area contributed by atoms with Gasteiger partial charge < -0.3 is 9.80 Å². The third-order valence-electron chi connectivity index (χ3n) is 8.03. The molecular weight excluding hydrogens is 553 g/mol. The van der Waals surface area contributed by atoms with Crippen molar-refractivity contribution in [3.8, 4) is 6.07 Å². The van der Waals surface area contributed by atoms with Crippen molar-refractivity contribution in [3.05, 3.63) is 74.8 Å². The minimum atomic E-state index is -4.51. The molecule has 40 heavy (non-hydrogen) atoms. The topological polar surface area (TPSA) is 43.2 Å². The first-order valence-corrected chi connectivity index (χ1v) is 14.7. The van der Waals surface area contributed by atoms with E-state index in [1.807, 2.05) is 19.2 Å². The second kappa shape index (κ2) is 12.8. The van der Waals surface area contributed by atoms with Gasteiger partial charge in [0.15, 0.2) is 5.13 Å². The number of anilines is 2. The Kier molecular flexibility index (Phi) is 9.68. The van der Waals surface area contributed by atoms with Gasteiger partial charge in [0.1, 0.15) is 0 Å². The Bertz CT molecular complexity index is 1360. The van der Waals surface area contributed by atoms with Crippen molar-refractivity contribution >= 4 is 34.6 Å². The smallest absolute Gasteiger partial charge is 0.371 e. The number of nitriles is 1. The van der Waals surface area contributed by atoms with Gasteiger partial charge in [-0.05, 0) is 98.4 Å². The summed E-state index contributed by atoms with van der Waals surface area (Å²) >= 11 is 1.54. The lowest BCUT2D eigenvalue weighted by Crippen LogP contribution is -2.31. The SMILES string of the molecule is CCN(CC1CCCC1)c1cc2c(cc1CN(Cc1cc(C#N)cc(C(F)(F)F)c1)c1ncc(C)s1)CCC2.Cl. The van der Waals surface area contributed by atoms with Crippen molar-refractivity contribution in [3.63, 3.8) is 0 Å². The van der Waals surface area contributed by atoms with Crippen LogP contribution in [0.2, 0.25) is 0 Å². The molecule has 0 amide bonds. The first-order chi connectivity index (χ1) is 18.7. The van der Waals surface area contributed by atoms with Crippen molar-refractivity contribution < 1.29 is 13.2 Å². The minimum absolute atomic E-state index is 0. The fourth-order valence-corrected chi connectivity index (χ4v) is 6.86. The van der Waals surface area contributed by atoms with Gasteiger partial charge in [-0.2, -0.15) is 18.4 Å². The van der Waals surface area contributed by atoms with E-state index >= 15 is 0 Å². The molecule has 5 rings (SSSR count). The molecule has 4 nitrogen and oxygen atoms in total. The Balaban J connectivity index is 0.00000370. The third-order valence-corrected chi connectivity index (χ3v) is 9.01. The average Bonchev–Trinajstić information content (AvgIpc) is 3.68. The summed E-state index contributed by atoms with van der Waals surface area (Å²) in [5.41, 5.74) is 4.91. The van der Waals surface area contributed by atoms with Crippen LogP contribution in [-0.2, 0) is 32.1 Å². The van der Waals surface area contributed by atoms with Crippen LogP contribution >= 0.6 is 23.7 Å². The molecule has 2 aromatic carbocycles. The molecule has 3 aromatic rings. The summed E-state index contributed by atoms with van der Waals surface area (Å²) in [5, 5.41) is 10.2. The number of nitrogens with zero attached hydrogens (tertiary/aromatic N) is 4. The Morgan fingerprint density at radius 3 is 2.35 bits per heavy atom. The first kappa shape index (κ1) is 30.2. The van der Waals surface area contributed by atoms with E-state index in [9.17, 15) is 18.4 Å². The maximum atomic E-state index is 13.6. The number of aryl methyl sites for hydroxylation is 3. The quantitative estimate of drug-likeness (QED) is 0.251. The molecule has 2 aliphatic rings. The van der Waals surface area contributed by atoms with Crippen molar-refractivity contribution in [1.82, 2.24) is 4.98 Å². The highest BCUT2D eigenvalue weighted by molar-refractivity contribution is 7.15. The predicted molar refractivity (Wildman–Crippen MR) is 158 cm³/mol. The molecule has 0 spiro atoms. The molecule has 0 atom stereocenters. The van der Waals surface area contributed by atoms with E-state index in [0.29, 0.717) is 18.0 Å². The van der Waals surface area contributed by atoms with E-state index in [1.165, 1.54) is 59.4 Å². The number of rotatable bonds is 9. The molecule has 0 unspecified atom stereocenters. The van der Waals surface area contributed by atoms with Crippen LogP contribution in [0, 0.1) is 24.2 Å². The molecule has 0 N–H and O–H groups in total. The second-order valence-corrected chi connectivity index (χ2v) is 12.1. The van der Waals surface area contributed by atoms with Crippen molar-refractivity contribution in [1.29, 1.82) is 5.26 Å². The van der Waals surface area contributed by atoms with Gasteiger partial charge in [0.05, 0.1) is 17.2 Å². The Labute approximate surface area is 245 Å². The largest absolute Gasteiger partial charge is 0.416 e. The maximum absolute atomic E-state index is 13.6. The van der Waals surface area contributed by atoms with E-state index in [4.69, 9.17) is 0 Å². The summed E-state index contributed by atoms with van der Waals surface area (Å²) in [5.74, 6) is 0.707. The van der Waals surface area contributed by atoms with Crippen molar-refractivity contribution in [2.75, 3.05) is 22.9 Å². The van der Waals surface area contributed by atoms with Crippen molar-refractivity contribution in [2.24, 2.45) is 5.92 Å². The highest BCUT2D eigenvalue weighted by Crippen LogP contribution is 2.36. The zero-order chi connectivity index (χ0) is 27.6. The standard InChI is InChI=1S/C31H35F3N4S.ClH/c1-3-37(18-22-7-4-5-8-22)29-15-26-10-6-9-25(26)14-27(29)20-38(30-36-17-21(2)39-30)19-24-11-23(16-35)12-28(13-24)31(32,33)34;/h11-15,17,22H,3-10,18-20H2,1-2H3;1H. The van der Waals surface area contributed by atoms with E-state index < -0.39 is 11.7 Å². The summed E-state index contributed by atoms with van der Waals surface area (Å²) < 4.78 is 40.9. The third kappa shape index (κ3) is 6.92. The minimum Gasteiger partial charge on any atom is -0.371 e. The number of thiazole rings is 1. The number of benzene rings is 2. The normalized spacial score (nSPS) is 15.0. The molecule has 1 heterocycles. The van der Waals surface area contributed by atoms with Crippen LogP contribution in [0.3, 0.4) is 0 Å². The van der Waals surface area contributed by atoms with Gasteiger partial charge in [0.2, 0.25) is 0 Å². The van der Waals surface area contributed by atoms with Crippen LogP contribution in [0.1, 0.15) is 77.3 Å². The number of hydrogen-bond donors (Lipinski definition) is 0. The lowest BCUT2D eigenvalue weighted by atomic mass is 10.0. The fraction of sp³-hybridized carbons (Fsp3) is 0.484. The summed E-state index contributed by atoms with van der Waals surface area (Å²) in [6, 6.07) is 10.2. The number of fused-ring (bicyclic) bond motifs is 1. The van der Waals surface area contributed by atoms with Crippen LogP contribution in [0.5, 0.6) is 0 Å². The Hall–Kier alpha value is -2.76. The highest BCUT2D eigenvalue weighted by Gasteiger charge is 2.31. The zero-order valence-corrected chi connectivity index (χ0v) is 24.7. The first-order valence-electron chi connectivity index (χ1n) is 13.9. The number of aromatic nitrogens is 1. The molecule has 0 saturated heterocycles. The van der Waals surface area contributed by atoms with E-state index in [2.05, 4.69) is 33.8 Å². The van der Waals surface area contributed by atoms with Gasteiger partial charge in [-0.3, -0.25) is 0 Å². The Morgan fingerprint density at radius 2 is 1.73 bits per heavy atom. The lowest BCUT2D eigenvalue weighted by Gasteiger charge is -2.31. The van der Waals surface area contributed by atoms with Crippen LogP contribution in [0.15, 0.2) is 36.5 Å². The van der Waals surface area contributed by atoms with Gasteiger partial charge in [-0.15, -0.1) is 23.7 Å². The zero-order valence-electron chi connectivity index (χ0n) is 23.1. The van der Waals surface area contributed by atoms with E-state index in [0.717, 1.165) is 54.5 Å². The number of halogens is 4. The lowest BCUT2D eigenvalue weighted by molar-refractivity contribution is -0.137. The molecule has 1 saturated carbocycles. The maximum Gasteiger partial charge on any atom is 0.416 e. The van der Waals surface area contributed by atoms with Crippen LogP contribution in [0.4, 0.5) is 24.0 Å². The van der Waals surface area contributed by atoms with Crippen LogP contribution < -0.4 is 9.80 Å². The molecule has 0 radical (unpaired) electrons. The molecule has 0 aliphatic heterocycles. The fourth-order valence-electron chi connectivity index (χ4n) is 6.10. The molecule has 1 fully saturated rings. The average molecular weight is 589 g/mol. The second-order valence-electron chi connectivity index (χ2n) is 10.9. The summed E-state index contributed by atoms with van der Waals surface area (Å²) in [7, 11) is 0. The van der Waals surface area contributed by atoms with Crippen LogP contribution in [0.25, 0.3) is 0 Å².